The number of fused-ring (bicyclic) bond motifs is 1. The highest BCUT2D eigenvalue weighted by molar-refractivity contribution is 6.01. The smallest absolute Gasteiger partial charge is 0.221 e. The van der Waals surface area contributed by atoms with Crippen LogP contribution in [0, 0.1) is 11.3 Å². The van der Waals surface area contributed by atoms with Crippen molar-refractivity contribution >= 4 is 22.5 Å². The quantitative estimate of drug-likeness (QED) is 0.386. The summed E-state index contributed by atoms with van der Waals surface area (Å²) in [6, 6.07) is 9.92. The van der Waals surface area contributed by atoms with Crippen molar-refractivity contribution in [3.63, 3.8) is 0 Å². The van der Waals surface area contributed by atoms with Crippen LogP contribution in [0.5, 0.6) is 5.88 Å². The highest BCUT2D eigenvalue weighted by Crippen LogP contribution is 2.36. The fraction of sp³-hybridized carbons (Fsp3) is 0.0952. The Kier molecular flexibility index (Phi) is 5.52. The molecule has 0 aliphatic carbocycles. The molecule has 3 aromatic heterocycles. The van der Waals surface area contributed by atoms with Gasteiger partial charge >= 0.3 is 0 Å². The van der Waals surface area contributed by atoms with E-state index in [0.717, 1.165) is 11.1 Å². The largest absolute Gasteiger partial charge is 0.481 e. The Morgan fingerprint density at radius 2 is 2.06 bits per heavy atom. The third-order valence-corrected chi connectivity index (χ3v) is 4.68. The van der Waals surface area contributed by atoms with Crippen LogP contribution in [-0.4, -0.2) is 26.6 Å². The molecule has 0 aliphatic heterocycles. The van der Waals surface area contributed by atoms with E-state index in [1.54, 1.807) is 42.1 Å². The first-order valence-corrected chi connectivity index (χ1v) is 9.28. The zero-order valence-corrected chi connectivity index (χ0v) is 16.6. The molecule has 0 aliphatic rings. The molecule has 4 aromatic rings. The van der Waals surface area contributed by atoms with Crippen molar-refractivity contribution in [2.45, 2.75) is 6.54 Å². The minimum absolute atomic E-state index is 0.195. The normalized spacial score (nSPS) is 11.5. The molecule has 0 saturated carbocycles. The number of nitrogens with two attached hydrogens (primary N) is 1. The zero-order chi connectivity index (χ0) is 21.8. The molecule has 0 atom stereocenters. The summed E-state index contributed by atoms with van der Waals surface area (Å²) in [4.78, 5) is 12.7. The van der Waals surface area contributed by atoms with Crippen LogP contribution >= 0.6 is 0 Å². The maximum atomic E-state index is 13.9. The molecule has 156 valence electrons. The van der Waals surface area contributed by atoms with Gasteiger partial charge in [-0.25, -0.2) is 24.9 Å². The number of nitrogens with one attached hydrogen (secondary N) is 2. The number of hydrogen-bond acceptors (Lipinski definition) is 8. The SMILES string of the molecule is COc1ncccc1-c1cn(C/C(=C/Nc2ccccc2F)N=N)c2ncnc(N)c12. The number of nitrogens with zero attached hydrogens (tertiary/aromatic N) is 5. The van der Waals surface area contributed by atoms with E-state index < -0.39 is 5.82 Å². The summed E-state index contributed by atoms with van der Waals surface area (Å²) in [6.45, 7) is 0.195. The Morgan fingerprint density at radius 3 is 2.84 bits per heavy atom. The van der Waals surface area contributed by atoms with Gasteiger partial charge < -0.3 is 20.4 Å². The second-order valence-corrected chi connectivity index (χ2v) is 6.56. The number of methoxy groups -OCH3 is 1. The number of allylic oxidation sites excluding steroid dienone is 1. The van der Waals surface area contributed by atoms with Crippen LogP contribution in [0.3, 0.4) is 0 Å². The van der Waals surface area contributed by atoms with Crippen molar-refractivity contribution in [1.82, 2.24) is 19.5 Å². The molecular weight excluding hydrogens is 399 g/mol. The lowest BCUT2D eigenvalue weighted by atomic mass is 10.1. The number of pyridine rings is 1. The van der Waals surface area contributed by atoms with Crippen LogP contribution in [0.25, 0.3) is 22.2 Å². The third kappa shape index (κ3) is 3.90. The first-order chi connectivity index (χ1) is 15.1. The second-order valence-electron chi connectivity index (χ2n) is 6.56. The number of aromatic nitrogens is 4. The van der Waals surface area contributed by atoms with E-state index in [1.807, 2.05) is 12.3 Å². The molecule has 4 rings (SSSR count). The number of rotatable bonds is 7. The summed E-state index contributed by atoms with van der Waals surface area (Å²) in [5.41, 5.74) is 16.4. The Bertz CT molecular complexity index is 1280. The van der Waals surface area contributed by atoms with Gasteiger partial charge in [0.1, 0.15) is 23.6 Å². The van der Waals surface area contributed by atoms with Crippen LogP contribution in [-0.2, 0) is 6.54 Å². The Labute approximate surface area is 176 Å². The monoisotopic (exact) mass is 418 g/mol. The number of halogens is 1. The van der Waals surface area contributed by atoms with Gasteiger partial charge in [0.15, 0.2) is 0 Å². The molecule has 31 heavy (non-hydrogen) atoms. The van der Waals surface area contributed by atoms with Gasteiger partial charge in [0.25, 0.3) is 0 Å². The predicted octanol–water partition coefficient (Wildman–Crippen LogP) is 4.21. The zero-order valence-electron chi connectivity index (χ0n) is 16.6. The first kappa shape index (κ1) is 20.0. The molecule has 0 bridgehead atoms. The number of nitrogen functional groups attached to an aromatic ring is 1. The Balaban J connectivity index is 1.76. The molecule has 0 fully saturated rings. The van der Waals surface area contributed by atoms with Crippen molar-refractivity contribution in [2.75, 3.05) is 18.2 Å². The second kappa shape index (κ2) is 8.57. The Morgan fingerprint density at radius 1 is 1.23 bits per heavy atom. The van der Waals surface area contributed by atoms with Crippen LogP contribution in [0.4, 0.5) is 15.9 Å². The number of ether oxygens (including phenoxy) is 1. The van der Waals surface area contributed by atoms with Gasteiger partial charge in [-0.3, -0.25) is 0 Å². The van der Waals surface area contributed by atoms with Crippen molar-refractivity contribution in [3.8, 4) is 17.0 Å². The molecule has 10 heteroatoms. The van der Waals surface area contributed by atoms with Gasteiger partial charge in [0.2, 0.25) is 5.88 Å². The summed E-state index contributed by atoms with van der Waals surface area (Å²) in [5.74, 6) is 0.343. The van der Waals surface area contributed by atoms with Crippen molar-refractivity contribution < 1.29 is 9.13 Å². The lowest BCUT2D eigenvalue weighted by Crippen LogP contribution is -2.02. The average molecular weight is 418 g/mol. The molecule has 0 amide bonds. The molecule has 1 aromatic carbocycles. The van der Waals surface area contributed by atoms with Gasteiger partial charge in [-0.05, 0) is 24.3 Å². The van der Waals surface area contributed by atoms with Gasteiger partial charge in [-0.2, -0.15) is 5.11 Å². The number of hydrogen-bond donors (Lipinski definition) is 3. The lowest BCUT2D eigenvalue weighted by Gasteiger charge is -2.06. The minimum Gasteiger partial charge on any atom is -0.481 e. The molecule has 0 spiro atoms. The van der Waals surface area contributed by atoms with Crippen molar-refractivity contribution in [2.24, 2.45) is 5.11 Å². The topological polar surface area (TPSA) is 127 Å². The van der Waals surface area contributed by atoms with E-state index >= 15 is 0 Å². The maximum absolute atomic E-state index is 13.9. The van der Waals surface area contributed by atoms with E-state index in [1.165, 1.54) is 18.6 Å². The van der Waals surface area contributed by atoms with Crippen molar-refractivity contribution in [1.29, 1.82) is 5.53 Å². The molecule has 0 radical (unpaired) electrons. The summed E-state index contributed by atoms with van der Waals surface area (Å²) in [6.07, 6.45) is 6.32. The number of para-hydroxylation sites is 1. The molecule has 3 heterocycles. The highest BCUT2D eigenvalue weighted by Gasteiger charge is 2.18. The van der Waals surface area contributed by atoms with Crippen LogP contribution < -0.4 is 15.8 Å². The standard InChI is InChI=1S/C21H19FN8O/c1-31-21-14(5-4-8-25-21)15-11-30(20-18(15)19(23)27-12-28-20)10-13(29-24)9-26-17-7-3-2-6-16(17)22/h2-9,11-12,24,26H,10H2,1H3,(H2,23,27,28)/b13-9-,29-24?. The fourth-order valence-electron chi connectivity index (χ4n) is 3.26. The predicted molar refractivity (Wildman–Crippen MR) is 115 cm³/mol. The number of anilines is 2. The van der Waals surface area contributed by atoms with E-state index in [0.29, 0.717) is 28.4 Å². The first-order valence-electron chi connectivity index (χ1n) is 9.28. The molecule has 0 saturated heterocycles. The fourth-order valence-corrected chi connectivity index (χ4v) is 3.26. The minimum atomic E-state index is -0.402. The van der Waals surface area contributed by atoms with Crippen LogP contribution in [0.15, 0.2) is 72.1 Å². The van der Waals surface area contributed by atoms with E-state index in [2.05, 4.69) is 25.4 Å². The average Bonchev–Trinajstić information content (AvgIpc) is 3.17. The maximum Gasteiger partial charge on any atom is 0.221 e. The van der Waals surface area contributed by atoms with E-state index in [-0.39, 0.29) is 12.2 Å². The molecule has 0 unspecified atom stereocenters. The van der Waals surface area contributed by atoms with E-state index in [9.17, 15) is 4.39 Å². The molecule has 4 N–H and O–H groups in total. The number of benzene rings is 1. The summed E-state index contributed by atoms with van der Waals surface area (Å²) in [7, 11) is 1.54. The third-order valence-electron chi connectivity index (χ3n) is 4.68. The van der Waals surface area contributed by atoms with Crippen LogP contribution in [0.1, 0.15) is 0 Å². The van der Waals surface area contributed by atoms with Gasteiger partial charge in [0, 0.05) is 29.7 Å². The van der Waals surface area contributed by atoms with Gasteiger partial charge in [-0.15, -0.1) is 0 Å². The van der Waals surface area contributed by atoms with Gasteiger partial charge in [-0.1, -0.05) is 12.1 Å². The highest BCUT2D eigenvalue weighted by atomic mass is 19.1. The summed E-state index contributed by atoms with van der Waals surface area (Å²) >= 11 is 0. The summed E-state index contributed by atoms with van der Waals surface area (Å²) in [5, 5.41) is 7.05. The summed E-state index contributed by atoms with van der Waals surface area (Å²) < 4.78 is 21.0. The van der Waals surface area contributed by atoms with Crippen LogP contribution in [0.2, 0.25) is 0 Å². The molecule has 9 nitrogen and oxygen atoms in total. The lowest BCUT2D eigenvalue weighted by molar-refractivity contribution is 0.400. The van der Waals surface area contributed by atoms with E-state index in [4.69, 9.17) is 16.0 Å². The van der Waals surface area contributed by atoms with Gasteiger partial charge in [0.05, 0.1) is 30.4 Å². The molecular formula is C21H19FN8O. The Hall–Kier alpha value is -4.34. The van der Waals surface area contributed by atoms with Crippen molar-refractivity contribution in [3.05, 3.63) is 72.8 Å².